The number of hydrogen-bond acceptors (Lipinski definition) is 6. The van der Waals surface area contributed by atoms with Crippen LogP contribution >= 0.6 is 0 Å². The predicted octanol–water partition coefficient (Wildman–Crippen LogP) is 2.67. The highest BCUT2D eigenvalue weighted by atomic mass is 16.5. The van der Waals surface area contributed by atoms with E-state index in [0.29, 0.717) is 11.7 Å². The summed E-state index contributed by atoms with van der Waals surface area (Å²) in [6.07, 6.45) is 3.83. The zero-order valence-electron chi connectivity index (χ0n) is 14.7. The van der Waals surface area contributed by atoms with Gasteiger partial charge in [-0.2, -0.15) is 0 Å². The van der Waals surface area contributed by atoms with Crippen LogP contribution in [0.5, 0.6) is 11.5 Å². The van der Waals surface area contributed by atoms with Gasteiger partial charge < -0.3 is 24.8 Å². The molecule has 2 N–H and O–H groups in total. The Kier molecular flexibility index (Phi) is 5.60. The normalized spacial score (nSPS) is 15.1. The van der Waals surface area contributed by atoms with Crippen molar-refractivity contribution in [3.05, 3.63) is 42.2 Å². The number of anilines is 2. The van der Waals surface area contributed by atoms with Crippen LogP contribution in [0.4, 0.5) is 11.4 Å². The number of piperidine rings is 1. The summed E-state index contributed by atoms with van der Waals surface area (Å²) in [5.41, 5.74) is 2.85. The van der Waals surface area contributed by atoms with Crippen LogP contribution < -0.4 is 19.7 Å². The molecule has 0 spiro atoms. The molecule has 1 fully saturated rings. The van der Waals surface area contributed by atoms with E-state index in [0.717, 1.165) is 48.8 Å². The number of aliphatic hydroxyl groups is 1. The molecule has 6 nitrogen and oxygen atoms in total. The topological polar surface area (TPSA) is 66.9 Å². The largest absolute Gasteiger partial charge is 0.497 e. The molecule has 1 aliphatic rings. The first-order chi connectivity index (χ1) is 12.2. The number of benzene rings is 1. The fraction of sp³-hybridized carbons (Fsp3) is 0.421. The van der Waals surface area contributed by atoms with Crippen molar-refractivity contribution in [1.82, 2.24) is 4.98 Å². The van der Waals surface area contributed by atoms with E-state index in [1.807, 2.05) is 30.3 Å². The van der Waals surface area contributed by atoms with Gasteiger partial charge in [0.05, 0.1) is 26.5 Å². The van der Waals surface area contributed by atoms with Gasteiger partial charge in [0.25, 0.3) is 0 Å². The van der Waals surface area contributed by atoms with Crippen molar-refractivity contribution in [2.75, 3.05) is 37.5 Å². The molecule has 1 saturated heterocycles. The quantitative estimate of drug-likeness (QED) is 0.841. The third kappa shape index (κ3) is 4.33. The Morgan fingerprint density at radius 3 is 2.40 bits per heavy atom. The lowest BCUT2D eigenvalue weighted by Gasteiger charge is -2.34. The van der Waals surface area contributed by atoms with Crippen molar-refractivity contribution in [2.24, 2.45) is 0 Å². The molecular weight excluding hydrogens is 318 g/mol. The highest BCUT2D eigenvalue weighted by molar-refractivity contribution is 5.54. The summed E-state index contributed by atoms with van der Waals surface area (Å²) in [4.78, 5) is 6.48. The average molecular weight is 343 g/mol. The lowest BCUT2D eigenvalue weighted by molar-refractivity contribution is 0.277. The van der Waals surface area contributed by atoms with Gasteiger partial charge >= 0.3 is 0 Å². The lowest BCUT2D eigenvalue weighted by Crippen LogP contribution is -2.39. The van der Waals surface area contributed by atoms with Crippen LogP contribution in [0.2, 0.25) is 0 Å². The van der Waals surface area contributed by atoms with E-state index in [9.17, 15) is 5.11 Å². The van der Waals surface area contributed by atoms with Gasteiger partial charge in [-0.1, -0.05) is 0 Å². The number of pyridine rings is 1. The van der Waals surface area contributed by atoms with Crippen LogP contribution in [0, 0.1) is 0 Å². The molecule has 2 heterocycles. The molecule has 0 unspecified atom stereocenters. The van der Waals surface area contributed by atoms with Crippen LogP contribution in [0.3, 0.4) is 0 Å². The van der Waals surface area contributed by atoms with E-state index >= 15 is 0 Å². The van der Waals surface area contributed by atoms with E-state index in [1.165, 1.54) is 0 Å². The molecule has 3 rings (SSSR count). The summed E-state index contributed by atoms with van der Waals surface area (Å²) in [5, 5.41) is 12.8. The minimum atomic E-state index is -0.0243. The molecule has 0 bridgehead atoms. The minimum Gasteiger partial charge on any atom is -0.497 e. The predicted molar refractivity (Wildman–Crippen MR) is 98.6 cm³/mol. The van der Waals surface area contributed by atoms with Crippen LogP contribution in [0.1, 0.15) is 18.5 Å². The number of nitrogens with zero attached hydrogens (tertiary/aromatic N) is 2. The SMILES string of the molecule is COc1cc(NC2CCN(c3ccnc(CO)c3)CC2)cc(OC)c1. The number of aliphatic hydroxyl groups excluding tert-OH is 1. The van der Waals surface area contributed by atoms with Crippen molar-refractivity contribution in [3.8, 4) is 11.5 Å². The molecule has 1 aliphatic heterocycles. The smallest absolute Gasteiger partial charge is 0.124 e. The van der Waals surface area contributed by atoms with Crippen LogP contribution in [0.15, 0.2) is 36.5 Å². The standard InChI is InChI=1S/C19H25N3O3/c1-24-18-10-15(11-19(12-18)25-2)21-14-4-7-22(8-5-14)17-3-6-20-16(9-17)13-23/h3,6,9-12,14,21,23H,4-5,7-8,13H2,1-2H3. The molecule has 0 saturated carbocycles. The number of ether oxygens (including phenoxy) is 2. The molecule has 25 heavy (non-hydrogen) atoms. The Morgan fingerprint density at radius 2 is 1.80 bits per heavy atom. The Balaban J connectivity index is 1.61. The second kappa shape index (κ2) is 8.07. The second-order valence-corrected chi connectivity index (χ2v) is 6.17. The Hall–Kier alpha value is -2.47. The Labute approximate surface area is 148 Å². The van der Waals surface area contributed by atoms with E-state index in [2.05, 4.69) is 15.2 Å². The molecule has 134 valence electrons. The number of rotatable bonds is 6. The van der Waals surface area contributed by atoms with Gasteiger partial charge in [-0.25, -0.2) is 0 Å². The van der Waals surface area contributed by atoms with Gasteiger partial charge in [-0.05, 0) is 25.0 Å². The zero-order valence-corrected chi connectivity index (χ0v) is 14.7. The molecule has 6 heteroatoms. The summed E-state index contributed by atoms with van der Waals surface area (Å²) < 4.78 is 10.7. The summed E-state index contributed by atoms with van der Waals surface area (Å²) >= 11 is 0. The maximum atomic E-state index is 9.24. The fourth-order valence-electron chi connectivity index (χ4n) is 3.16. The Bertz CT molecular complexity index is 678. The number of methoxy groups -OCH3 is 2. The molecular formula is C19H25N3O3. The highest BCUT2D eigenvalue weighted by Gasteiger charge is 2.20. The monoisotopic (exact) mass is 343 g/mol. The maximum Gasteiger partial charge on any atom is 0.124 e. The van der Waals surface area contributed by atoms with Crippen LogP contribution in [0.25, 0.3) is 0 Å². The van der Waals surface area contributed by atoms with Gasteiger partial charge in [-0.15, -0.1) is 0 Å². The summed E-state index contributed by atoms with van der Waals surface area (Å²) in [7, 11) is 3.32. The second-order valence-electron chi connectivity index (χ2n) is 6.17. The van der Waals surface area contributed by atoms with Gasteiger partial charge in [0.2, 0.25) is 0 Å². The maximum absolute atomic E-state index is 9.24. The van der Waals surface area contributed by atoms with E-state index in [4.69, 9.17) is 9.47 Å². The third-order valence-electron chi connectivity index (χ3n) is 4.54. The average Bonchev–Trinajstić information content (AvgIpc) is 2.68. The summed E-state index contributed by atoms with van der Waals surface area (Å²) in [6, 6.07) is 10.2. The minimum absolute atomic E-state index is 0.0243. The molecule has 1 aromatic carbocycles. The molecule has 0 radical (unpaired) electrons. The highest BCUT2D eigenvalue weighted by Crippen LogP contribution is 2.28. The van der Waals surface area contributed by atoms with Crippen molar-refractivity contribution in [1.29, 1.82) is 0 Å². The molecule has 2 aromatic rings. The van der Waals surface area contributed by atoms with Crippen LogP contribution in [-0.4, -0.2) is 43.4 Å². The van der Waals surface area contributed by atoms with E-state index < -0.39 is 0 Å². The molecule has 0 atom stereocenters. The molecule has 0 amide bonds. The van der Waals surface area contributed by atoms with Crippen molar-refractivity contribution < 1.29 is 14.6 Å². The lowest BCUT2D eigenvalue weighted by atomic mass is 10.0. The first-order valence-corrected chi connectivity index (χ1v) is 8.52. The van der Waals surface area contributed by atoms with Gasteiger partial charge in [-0.3, -0.25) is 4.98 Å². The summed E-state index contributed by atoms with van der Waals surface area (Å²) in [6.45, 7) is 1.91. The first-order valence-electron chi connectivity index (χ1n) is 8.52. The molecule has 0 aliphatic carbocycles. The van der Waals surface area contributed by atoms with E-state index in [1.54, 1.807) is 20.4 Å². The number of nitrogens with one attached hydrogen (secondary N) is 1. The van der Waals surface area contributed by atoms with Gasteiger partial charge in [0.15, 0.2) is 0 Å². The fourth-order valence-corrected chi connectivity index (χ4v) is 3.16. The molecule has 1 aromatic heterocycles. The third-order valence-corrected chi connectivity index (χ3v) is 4.54. The van der Waals surface area contributed by atoms with Crippen molar-refractivity contribution >= 4 is 11.4 Å². The van der Waals surface area contributed by atoms with Gasteiger partial charge in [0.1, 0.15) is 11.5 Å². The number of aromatic nitrogens is 1. The van der Waals surface area contributed by atoms with E-state index in [-0.39, 0.29) is 6.61 Å². The van der Waals surface area contributed by atoms with Crippen molar-refractivity contribution in [3.63, 3.8) is 0 Å². The first kappa shape index (κ1) is 17.4. The van der Waals surface area contributed by atoms with Gasteiger partial charge in [0, 0.05) is 54.9 Å². The van der Waals surface area contributed by atoms with Crippen LogP contribution in [-0.2, 0) is 6.61 Å². The Morgan fingerprint density at radius 1 is 1.12 bits per heavy atom. The number of hydrogen-bond donors (Lipinski definition) is 2. The van der Waals surface area contributed by atoms with Crippen molar-refractivity contribution in [2.45, 2.75) is 25.5 Å². The zero-order chi connectivity index (χ0) is 17.6. The summed E-state index contributed by atoms with van der Waals surface area (Å²) in [5.74, 6) is 1.57.